The van der Waals surface area contributed by atoms with Crippen LogP contribution in [0.1, 0.15) is 11.1 Å². The van der Waals surface area contributed by atoms with Gasteiger partial charge in [0.25, 0.3) is 10.0 Å². The normalized spacial score (nSPS) is 11.9. The largest absolute Gasteiger partial charge is 0.343 e. The van der Waals surface area contributed by atoms with E-state index < -0.39 is 20.7 Å². The van der Waals surface area contributed by atoms with E-state index in [1.807, 2.05) is 6.92 Å². The highest BCUT2D eigenvalue weighted by Crippen LogP contribution is 2.29. The van der Waals surface area contributed by atoms with Crippen molar-refractivity contribution < 1.29 is 17.2 Å². The van der Waals surface area contributed by atoms with Crippen molar-refractivity contribution >= 4 is 49.2 Å². The van der Waals surface area contributed by atoms with Gasteiger partial charge in [-0.15, -0.1) is 0 Å². The van der Waals surface area contributed by atoms with Gasteiger partial charge in [-0.25, -0.2) is 22.2 Å². The lowest BCUT2D eigenvalue weighted by Gasteiger charge is -2.11. The third-order valence-electron chi connectivity index (χ3n) is 4.36. The quantitative estimate of drug-likeness (QED) is 0.478. The monoisotopic (exact) mass is 454 g/mol. The maximum atomic E-state index is 14.7. The third-order valence-corrected chi connectivity index (χ3v) is 6.77. The van der Waals surface area contributed by atoms with Crippen molar-refractivity contribution in [3.8, 4) is 0 Å². The molecule has 0 aliphatic carbocycles. The van der Waals surface area contributed by atoms with Crippen LogP contribution in [-0.2, 0) is 16.6 Å². The first-order chi connectivity index (χ1) is 13.7. The van der Waals surface area contributed by atoms with Crippen LogP contribution in [0.2, 0.25) is 5.02 Å². The fourth-order valence-electron chi connectivity index (χ4n) is 3.05. The maximum absolute atomic E-state index is 14.7. The number of sulfonamides is 1. The molecule has 11 heteroatoms. The Hall–Kier alpha value is -2.56. The van der Waals surface area contributed by atoms with Gasteiger partial charge in [0.15, 0.2) is 0 Å². The van der Waals surface area contributed by atoms with Gasteiger partial charge >= 0.3 is 0 Å². The first-order valence-electron chi connectivity index (χ1n) is 8.27. The Bertz CT molecular complexity index is 1320. The van der Waals surface area contributed by atoms with E-state index in [0.29, 0.717) is 5.56 Å². The zero-order valence-electron chi connectivity index (χ0n) is 14.9. The van der Waals surface area contributed by atoms with Crippen molar-refractivity contribution in [2.75, 3.05) is 4.72 Å². The first-order valence-corrected chi connectivity index (χ1v) is 10.9. The van der Waals surface area contributed by atoms with Gasteiger partial charge in [-0.3, -0.25) is 4.72 Å². The third kappa shape index (κ3) is 3.83. The van der Waals surface area contributed by atoms with Crippen molar-refractivity contribution in [2.45, 2.75) is 18.4 Å². The Morgan fingerprint density at radius 1 is 1.24 bits per heavy atom. The van der Waals surface area contributed by atoms with Crippen LogP contribution < -0.4 is 4.72 Å². The number of aromatic nitrogens is 3. The molecule has 0 spiro atoms. The summed E-state index contributed by atoms with van der Waals surface area (Å²) in [5, 5.41) is 0.846. The number of hydrogen-bond donors (Lipinski definition) is 1. The van der Waals surface area contributed by atoms with Gasteiger partial charge < -0.3 is 4.57 Å². The molecule has 6 nitrogen and oxygen atoms in total. The lowest BCUT2D eigenvalue weighted by atomic mass is 10.2. The Labute approximate surface area is 174 Å². The lowest BCUT2D eigenvalue weighted by molar-refractivity contribution is 0.568. The van der Waals surface area contributed by atoms with E-state index >= 15 is 0 Å². The van der Waals surface area contributed by atoms with Crippen LogP contribution in [0.3, 0.4) is 0 Å². The van der Waals surface area contributed by atoms with Crippen LogP contribution in [0.4, 0.5) is 13.9 Å². The number of fused-ring (bicyclic) bond motifs is 1. The van der Waals surface area contributed by atoms with Crippen LogP contribution in [-0.4, -0.2) is 22.3 Å². The van der Waals surface area contributed by atoms with Crippen molar-refractivity contribution in [1.82, 2.24) is 13.9 Å². The topological polar surface area (TPSA) is 76.9 Å². The SMILES string of the molecule is Cc1cn(Cc2cc(F)c(S(=O)(=O)Nc3ncns3)cc2Cl)c2ccc(F)cc12. The summed E-state index contributed by atoms with van der Waals surface area (Å²) in [4.78, 5) is 3.14. The summed E-state index contributed by atoms with van der Waals surface area (Å²) >= 11 is 7.09. The summed E-state index contributed by atoms with van der Waals surface area (Å²) in [6, 6.07) is 6.55. The second-order valence-corrected chi connectivity index (χ2v) is 9.17. The van der Waals surface area contributed by atoms with Gasteiger partial charge in [0.05, 0.1) is 0 Å². The summed E-state index contributed by atoms with van der Waals surface area (Å²) in [5.74, 6) is -1.29. The number of hydrogen-bond acceptors (Lipinski definition) is 5. The van der Waals surface area contributed by atoms with Crippen molar-refractivity contribution in [3.63, 3.8) is 0 Å². The number of halogens is 3. The number of aryl methyl sites for hydroxylation is 1. The van der Waals surface area contributed by atoms with Crippen LogP contribution in [0.25, 0.3) is 10.9 Å². The van der Waals surface area contributed by atoms with E-state index in [1.165, 1.54) is 18.5 Å². The first kappa shape index (κ1) is 19.7. The molecule has 29 heavy (non-hydrogen) atoms. The zero-order valence-corrected chi connectivity index (χ0v) is 17.2. The highest BCUT2D eigenvalue weighted by molar-refractivity contribution is 7.93. The van der Waals surface area contributed by atoms with E-state index in [4.69, 9.17) is 11.6 Å². The minimum absolute atomic E-state index is 0.0196. The average molecular weight is 455 g/mol. The Kier molecular flexibility index (Phi) is 5.01. The summed E-state index contributed by atoms with van der Waals surface area (Å²) < 4.78 is 60.7. The highest BCUT2D eigenvalue weighted by Gasteiger charge is 2.23. The predicted octanol–water partition coefficient (Wildman–Crippen LogP) is 4.58. The Morgan fingerprint density at radius 2 is 2.03 bits per heavy atom. The molecule has 0 amide bonds. The summed E-state index contributed by atoms with van der Waals surface area (Å²) in [5.41, 5.74) is 2.01. The molecule has 4 rings (SSSR count). The molecule has 0 saturated heterocycles. The van der Waals surface area contributed by atoms with Crippen molar-refractivity contribution in [2.24, 2.45) is 0 Å². The molecule has 0 aliphatic rings. The molecule has 0 fully saturated rings. The minimum Gasteiger partial charge on any atom is -0.343 e. The fraction of sp³-hybridized carbons (Fsp3) is 0.111. The molecule has 0 atom stereocenters. The standard InChI is InChI=1S/C18H13ClF2N4O2S2/c1-10-7-25(16-3-2-12(20)5-13(10)16)8-11-4-15(21)17(6-14(11)19)29(26,27)24-18-22-9-23-28-18/h2-7,9H,8H2,1H3,(H,22,23,24). The van der Waals surface area contributed by atoms with Crippen molar-refractivity contribution in [1.29, 1.82) is 0 Å². The van der Waals surface area contributed by atoms with Gasteiger partial charge in [0.1, 0.15) is 22.9 Å². The fourth-order valence-corrected chi connectivity index (χ4v) is 5.08. The summed E-state index contributed by atoms with van der Waals surface area (Å²) in [6.45, 7) is 2.03. The lowest BCUT2D eigenvalue weighted by Crippen LogP contribution is -2.15. The average Bonchev–Trinajstić information content (AvgIpc) is 3.25. The number of anilines is 1. The number of nitrogens with one attached hydrogen (secondary N) is 1. The van der Waals surface area contributed by atoms with Gasteiger partial charge in [0.2, 0.25) is 5.13 Å². The van der Waals surface area contributed by atoms with E-state index in [0.717, 1.165) is 40.1 Å². The van der Waals surface area contributed by atoms with E-state index in [9.17, 15) is 17.2 Å². The molecule has 2 aromatic carbocycles. The molecule has 0 radical (unpaired) electrons. The van der Waals surface area contributed by atoms with Gasteiger partial charge in [-0.05, 0) is 48.4 Å². The molecule has 0 unspecified atom stereocenters. The second kappa shape index (κ2) is 7.36. The van der Waals surface area contributed by atoms with Crippen LogP contribution in [0, 0.1) is 18.6 Å². The molecule has 0 bridgehead atoms. The van der Waals surface area contributed by atoms with Crippen LogP contribution in [0.5, 0.6) is 0 Å². The zero-order chi connectivity index (χ0) is 20.8. The second-order valence-electron chi connectivity index (χ2n) is 6.33. The highest BCUT2D eigenvalue weighted by atomic mass is 35.5. The van der Waals surface area contributed by atoms with E-state index in [2.05, 4.69) is 14.1 Å². The van der Waals surface area contributed by atoms with Gasteiger partial charge in [0, 0.05) is 40.2 Å². The van der Waals surface area contributed by atoms with E-state index in [1.54, 1.807) is 16.8 Å². The smallest absolute Gasteiger partial charge is 0.266 e. The van der Waals surface area contributed by atoms with Crippen LogP contribution in [0.15, 0.2) is 47.8 Å². The van der Waals surface area contributed by atoms with Gasteiger partial charge in [-0.2, -0.15) is 4.37 Å². The summed E-state index contributed by atoms with van der Waals surface area (Å²) in [6.07, 6.45) is 2.99. The van der Waals surface area contributed by atoms with Crippen molar-refractivity contribution in [3.05, 3.63) is 70.6 Å². The molecule has 2 aromatic heterocycles. The number of benzene rings is 2. The predicted molar refractivity (Wildman–Crippen MR) is 108 cm³/mol. The number of nitrogens with zero attached hydrogens (tertiary/aromatic N) is 3. The van der Waals surface area contributed by atoms with Gasteiger partial charge in [-0.1, -0.05) is 11.6 Å². The maximum Gasteiger partial charge on any atom is 0.266 e. The minimum atomic E-state index is -4.21. The molecule has 2 heterocycles. The molecule has 0 saturated carbocycles. The number of rotatable bonds is 5. The molecular formula is C18H13ClF2N4O2S2. The Balaban J connectivity index is 1.70. The summed E-state index contributed by atoms with van der Waals surface area (Å²) in [7, 11) is -4.21. The molecule has 1 N–H and O–H groups in total. The van der Waals surface area contributed by atoms with Crippen LogP contribution >= 0.6 is 23.1 Å². The van der Waals surface area contributed by atoms with E-state index in [-0.39, 0.29) is 22.5 Å². The molecule has 0 aliphatic heterocycles. The molecule has 150 valence electrons. The Morgan fingerprint density at radius 3 is 2.76 bits per heavy atom. The molecular weight excluding hydrogens is 442 g/mol. The molecule has 4 aromatic rings.